The van der Waals surface area contributed by atoms with Gasteiger partial charge in [-0.05, 0) is 35.4 Å². The number of benzene rings is 3. The average molecular weight is 490 g/mol. The molecule has 3 aromatic carbocycles. The SMILES string of the molecule is O=C(N[C@H](C(=O)NC(c1ccccc1)c1ccccc1)c1ccc(Cl)cc1Cl)c1ccccn1. The Bertz CT molecular complexity index is 1230. The van der Waals surface area contributed by atoms with Gasteiger partial charge in [0.2, 0.25) is 5.91 Å². The number of hydrogen-bond donors (Lipinski definition) is 2. The summed E-state index contributed by atoms with van der Waals surface area (Å²) < 4.78 is 0. The van der Waals surface area contributed by atoms with E-state index < -0.39 is 23.9 Å². The third-order valence-corrected chi connectivity index (χ3v) is 5.82. The Balaban J connectivity index is 1.69. The Morgan fingerprint density at radius 2 is 1.35 bits per heavy atom. The van der Waals surface area contributed by atoms with Gasteiger partial charge in [-0.1, -0.05) is 96.0 Å². The summed E-state index contributed by atoms with van der Waals surface area (Å²) in [5.74, 6) is -0.922. The molecule has 0 aliphatic rings. The molecule has 2 N–H and O–H groups in total. The maximum atomic E-state index is 13.7. The van der Waals surface area contributed by atoms with E-state index in [1.54, 1.807) is 30.3 Å². The highest BCUT2D eigenvalue weighted by molar-refractivity contribution is 6.35. The Morgan fingerprint density at radius 1 is 0.735 bits per heavy atom. The van der Waals surface area contributed by atoms with E-state index in [-0.39, 0.29) is 10.7 Å². The standard InChI is InChI=1S/C27H21Cl2N3O2/c28-20-14-15-21(22(29)17-20)25(32-26(33)23-13-7-8-16-30-23)27(34)31-24(18-9-3-1-4-10-18)19-11-5-2-6-12-19/h1-17,24-25H,(H,31,34)(H,32,33)/t25-/m0/s1. The van der Waals surface area contributed by atoms with Crippen LogP contribution < -0.4 is 10.6 Å². The molecule has 170 valence electrons. The lowest BCUT2D eigenvalue weighted by Gasteiger charge is -2.25. The van der Waals surface area contributed by atoms with Crippen molar-refractivity contribution in [1.82, 2.24) is 15.6 Å². The molecule has 1 aromatic heterocycles. The van der Waals surface area contributed by atoms with Crippen molar-refractivity contribution >= 4 is 35.0 Å². The molecule has 0 bridgehead atoms. The molecule has 0 unspecified atom stereocenters. The molecule has 1 atom stereocenters. The number of halogens is 2. The van der Waals surface area contributed by atoms with Crippen LogP contribution >= 0.6 is 23.2 Å². The summed E-state index contributed by atoms with van der Waals surface area (Å²) in [6.45, 7) is 0. The van der Waals surface area contributed by atoms with Crippen molar-refractivity contribution in [3.63, 3.8) is 0 Å². The number of rotatable bonds is 7. The average Bonchev–Trinajstić information content (AvgIpc) is 2.87. The van der Waals surface area contributed by atoms with Gasteiger partial charge in [-0.2, -0.15) is 0 Å². The van der Waals surface area contributed by atoms with Crippen molar-refractivity contribution < 1.29 is 9.59 Å². The van der Waals surface area contributed by atoms with Gasteiger partial charge in [0.05, 0.1) is 6.04 Å². The fourth-order valence-corrected chi connectivity index (χ4v) is 4.12. The molecule has 2 amide bonds. The lowest BCUT2D eigenvalue weighted by atomic mass is 9.97. The van der Waals surface area contributed by atoms with Crippen LogP contribution in [0.25, 0.3) is 0 Å². The van der Waals surface area contributed by atoms with Crippen LogP contribution in [-0.4, -0.2) is 16.8 Å². The van der Waals surface area contributed by atoms with Crippen LogP contribution in [0.2, 0.25) is 10.0 Å². The second-order valence-electron chi connectivity index (χ2n) is 7.55. The van der Waals surface area contributed by atoms with E-state index in [1.807, 2.05) is 60.7 Å². The van der Waals surface area contributed by atoms with Crippen molar-refractivity contribution in [3.05, 3.63) is 136 Å². The topological polar surface area (TPSA) is 71.1 Å². The molecule has 0 aliphatic heterocycles. The summed E-state index contributed by atoms with van der Waals surface area (Å²) in [5, 5.41) is 6.55. The summed E-state index contributed by atoms with van der Waals surface area (Å²) in [6, 6.07) is 27.5. The second-order valence-corrected chi connectivity index (χ2v) is 8.39. The number of carbonyl (C=O) groups is 2. The number of nitrogens with one attached hydrogen (secondary N) is 2. The Kier molecular flexibility index (Phi) is 7.58. The van der Waals surface area contributed by atoms with E-state index in [9.17, 15) is 9.59 Å². The van der Waals surface area contributed by atoms with Gasteiger partial charge >= 0.3 is 0 Å². The molecule has 1 heterocycles. The Labute approximate surface area is 207 Å². The van der Waals surface area contributed by atoms with Gasteiger partial charge in [0.1, 0.15) is 11.7 Å². The minimum absolute atomic E-state index is 0.188. The second kappa shape index (κ2) is 11.0. The van der Waals surface area contributed by atoms with Gasteiger partial charge in [0.25, 0.3) is 5.91 Å². The van der Waals surface area contributed by atoms with E-state index >= 15 is 0 Å². The van der Waals surface area contributed by atoms with Gasteiger partial charge in [-0.25, -0.2) is 0 Å². The van der Waals surface area contributed by atoms with Gasteiger partial charge in [0, 0.05) is 21.8 Å². The minimum atomic E-state index is -1.07. The van der Waals surface area contributed by atoms with Crippen LogP contribution in [0.1, 0.15) is 39.3 Å². The van der Waals surface area contributed by atoms with Crippen LogP contribution in [0, 0.1) is 0 Å². The summed E-state index contributed by atoms with van der Waals surface area (Å²) in [6.07, 6.45) is 1.51. The van der Waals surface area contributed by atoms with E-state index in [0.717, 1.165) is 11.1 Å². The quantitative estimate of drug-likeness (QED) is 0.346. The predicted octanol–water partition coefficient (Wildman–Crippen LogP) is 5.77. The third kappa shape index (κ3) is 5.63. The highest BCUT2D eigenvalue weighted by Gasteiger charge is 2.28. The first kappa shape index (κ1) is 23.5. The molecule has 34 heavy (non-hydrogen) atoms. The van der Waals surface area contributed by atoms with Crippen molar-refractivity contribution in [3.8, 4) is 0 Å². The largest absolute Gasteiger partial charge is 0.343 e. The molecule has 0 aliphatic carbocycles. The van der Waals surface area contributed by atoms with E-state index in [2.05, 4.69) is 15.6 Å². The van der Waals surface area contributed by atoms with Crippen LogP contribution in [0.3, 0.4) is 0 Å². The lowest BCUT2D eigenvalue weighted by Crippen LogP contribution is -2.42. The molecule has 0 spiro atoms. The smallest absolute Gasteiger partial charge is 0.270 e. The fraction of sp³-hybridized carbons (Fsp3) is 0.0741. The van der Waals surface area contributed by atoms with Crippen LogP contribution in [-0.2, 0) is 4.79 Å². The van der Waals surface area contributed by atoms with Gasteiger partial charge < -0.3 is 10.6 Å². The summed E-state index contributed by atoms with van der Waals surface area (Å²) in [5.41, 5.74) is 2.42. The van der Waals surface area contributed by atoms with Crippen LogP contribution in [0.15, 0.2) is 103 Å². The number of nitrogens with zero attached hydrogens (tertiary/aromatic N) is 1. The summed E-state index contributed by atoms with van der Waals surface area (Å²) in [7, 11) is 0. The van der Waals surface area contributed by atoms with Crippen molar-refractivity contribution in [2.24, 2.45) is 0 Å². The Morgan fingerprint density at radius 3 is 1.91 bits per heavy atom. The maximum Gasteiger partial charge on any atom is 0.270 e. The van der Waals surface area contributed by atoms with E-state index in [1.165, 1.54) is 12.3 Å². The molecule has 0 radical (unpaired) electrons. The zero-order valence-corrected chi connectivity index (χ0v) is 19.5. The molecule has 5 nitrogen and oxygen atoms in total. The molecule has 7 heteroatoms. The number of hydrogen-bond acceptors (Lipinski definition) is 3. The first-order valence-corrected chi connectivity index (χ1v) is 11.4. The number of amides is 2. The molecule has 0 fully saturated rings. The van der Waals surface area contributed by atoms with Gasteiger partial charge in [0.15, 0.2) is 0 Å². The third-order valence-electron chi connectivity index (χ3n) is 5.26. The Hall–Kier alpha value is -3.67. The van der Waals surface area contributed by atoms with Gasteiger partial charge in [-0.15, -0.1) is 0 Å². The minimum Gasteiger partial charge on any atom is -0.343 e. The number of pyridine rings is 1. The molecular weight excluding hydrogens is 469 g/mol. The number of carbonyl (C=O) groups excluding carboxylic acids is 2. The molecule has 0 saturated heterocycles. The monoisotopic (exact) mass is 489 g/mol. The zero-order valence-electron chi connectivity index (χ0n) is 18.0. The highest BCUT2D eigenvalue weighted by atomic mass is 35.5. The molecule has 4 rings (SSSR count). The summed E-state index contributed by atoms with van der Waals surface area (Å²) >= 11 is 12.5. The first-order valence-electron chi connectivity index (χ1n) is 10.6. The molecule has 4 aromatic rings. The van der Waals surface area contributed by atoms with E-state index in [0.29, 0.717) is 10.6 Å². The van der Waals surface area contributed by atoms with Crippen molar-refractivity contribution in [2.75, 3.05) is 0 Å². The van der Waals surface area contributed by atoms with Crippen LogP contribution in [0.4, 0.5) is 0 Å². The zero-order chi connectivity index (χ0) is 23.9. The molecular formula is C27H21Cl2N3O2. The molecule has 0 saturated carbocycles. The van der Waals surface area contributed by atoms with E-state index in [4.69, 9.17) is 23.2 Å². The van der Waals surface area contributed by atoms with Crippen LogP contribution in [0.5, 0.6) is 0 Å². The predicted molar refractivity (Wildman–Crippen MR) is 134 cm³/mol. The maximum absolute atomic E-state index is 13.7. The fourth-order valence-electron chi connectivity index (χ4n) is 3.60. The first-order chi connectivity index (χ1) is 16.5. The summed E-state index contributed by atoms with van der Waals surface area (Å²) in [4.78, 5) is 30.7. The number of aromatic nitrogens is 1. The van der Waals surface area contributed by atoms with Crippen molar-refractivity contribution in [2.45, 2.75) is 12.1 Å². The van der Waals surface area contributed by atoms with Gasteiger partial charge in [-0.3, -0.25) is 14.6 Å². The van der Waals surface area contributed by atoms with Crippen molar-refractivity contribution in [1.29, 1.82) is 0 Å². The highest BCUT2D eigenvalue weighted by Crippen LogP contribution is 2.29. The lowest BCUT2D eigenvalue weighted by molar-refractivity contribution is -0.123. The normalized spacial score (nSPS) is 11.6.